The molecule has 1 aromatic rings. The fraction of sp³-hybridized carbons (Fsp3) is 0.333. The fourth-order valence-corrected chi connectivity index (χ4v) is 1.70. The molecule has 1 aromatic heterocycles. The third-order valence-corrected chi connectivity index (χ3v) is 2.51. The first-order valence-corrected chi connectivity index (χ1v) is 5.04. The van der Waals surface area contributed by atoms with Crippen LogP contribution in [-0.2, 0) is 4.79 Å². The average Bonchev–Trinajstić information content (AvgIpc) is 2.50. The second-order valence-electron chi connectivity index (χ2n) is 2.85. The molecule has 0 aliphatic rings. The molecule has 2 N–H and O–H groups in total. The van der Waals surface area contributed by atoms with Crippen molar-refractivity contribution in [3.05, 3.63) is 23.7 Å². The lowest BCUT2D eigenvalue weighted by atomic mass is 10.2. The Balaban J connectivity index is 2.64. The van der Waals surface area contributed by atoms with Crippen LogP contribution in [0.2, 0.25) is 0 Å². The molecule has 0 fully saturated rings. The first-order valence-electron chi connectivity index (χ1n) is 4.16. The molecule has 0 radical (unpaired) electrons. The minimum Gasteiger partial charge on any atom is -0.480 e. The van der Waals surface area contributed by atoms with Crippen LogP contribution in [0.5, 0.6) is 0 Å². The van der Waals surface area contributed by atoms with Gasteiger partial charge in [-0.25, -0.2) is 9.78 Å². The number of anilines is 1. The highest BCUT2D eigenvalue weighted by molar-refractivity contribution is 7.13. The summed E-state index contributed by atoms with van der Waals surface area (Å²) in [6, 6.07) is -0.641. The van der Waals surface area contributed by atoms with E-state index in [1.165, 1.54) is 11.3 Å². The molecule has 0 saturated carbocycles. The number of hydrogen-bond acceptors (Lipinski definition) is 4. The Morgan fingerprint density at radius 1 is 1.93 bits per heavy atom. The Labute approximate surface area is 86.3 Å². The van der Waals surface area contributed by atoms with Crippen molar-refractivity contribution in [2.24, 2.45) is 0 Å². The van der Waals surface area contributed by atoms with Crippen LogP contribution < -0.4 is 5.32 Å². The van der Waals surface area contributed by atoms with Gasteiger partial charge in [-0.1, -0.05) is 6.08 Å². The molecule has 1 heterocycles. The van der Waals surface area contributed by atoms with E-state index in [0.29, 0.717) is 11.6 Å². The molecule has 1 atom stereocenters. The summed E-state index contributed by atoms with van der Waals surface area (Å²) in [5, 5.41) is 14.2. The summed E-state index contributed by atoms with van der Waals surface area (Å²) >= 11 is 1.40. The molecule has 14 heavy (non-hydrogen) atoms. The van der Waals surface area contributed by atoms with Gasteiger partial charge in [-0.3, -0.25) is 0 Å². The van der Waals surface area contributed by atoms with Gasteiger partial charge >= 0.3 is 5.97 Å². The van der Waals surface area contributed by atoms with Gasteiger partial charge in [-0.15, -0.1) is 17.9 Å². The second-order valence-corrected chi connectivity index (χ2v) is 3.71. The molecule has 0 aliphatic heterocycles. The van der Waals surface area contributed by atoms with Crippen molar-refractivity contribution in [3.63, 3.8) is 0 Å². The van der Waals surface area contributed by atoms with E-state index >= 15 is 0 Å². The summed E-state index contributed by atoms with van der Waals surface area (Å²) in [5.74, 6) is -0.891. The largest absolute Gasteiger partial charge is 0.480 e. The van der Waals surface area contributed by atoms with E-state index in [4.69, 9.17) is 5.11 Å². The Morgan fingerprint density at radius 3 is 3.07 bits per heavy atom. The van der Waals surface area contributed by atoms with Crippen LogP contribution in [0.1, 0.15) is 12.1 Å². The maximum atomic E-state index is 10.8. The smallest absolute Gasteiger partial charge is 0.326 e. The van der Waals surface area contributed by atoms with Gasteiger partial charge in [0.2, 0.25) is 0 Å². The SMILES string of the molecule is C=CCC(Nc1nc(C)cs1)C(=O)O. The van der Waals surface area contributed by atoms with E-state index < -0.39 is 12.0 Å². The van der Waals surface area contributed by atoms with Gasteiger partial charge in [0.25, 0.3) is 0 Å². The average molecular weight is 212 g/mol. The van der Waals surface area contributed by atoms with Crippen LogP contribution in [-0.4, -0.2) is 22.1 Å². The van der Waals surface area contributed by atoms with E-state index in [1.807, 2.05) is 12.3 Å². The highest BCUT2D eigenvalue weighted by Gasteiger charge is 2.16. The van der Waals surface area contributed by atoms with Crippen LogP contribution in [0.25, 0.3) is 0 Å². The molecule has 5 heteroatoms. The summed E-state index contributed by atoms with van der Waals surface area (Å²) in [5.41, 5.74) is 0.889. The number of aryl methyl sites for hydroxylation is 1. The lowest BCUT2D eigenvalue weighted by Crippen LogP contribution is -2.28. The van der Waals surface area contributed by atoms with Crippen molar-refractivity contribution in [2.75, 3.05) is 5.32 Å². The minimum atomic E-state index is -0.891. The molecule has 0 saturated heterocycles. The monoisotopic (exact) mass is 212 g/mol. The van der Waals surface area contributed by atoms with Crippen molar-refractivity contribution in [1.29, 1.82) is 0 Å². The molecule has 4 nitrogen and oxygen atoms in total. The van der Waals surface area contributed by atoms with E-state index in [2.05, 4.69) is 16.9 Å². The Kier molecular flexibility index (Phi) is 3.64. The predicted octanol–water partition coefficient (Wildman–Crippen LogP) is 1.89. The number of carbonyl (C=O) groups is 1. The maximum Gasteiger partial charge on any atom is 0.326 e. The topological polar surface area (TPSA) is 62.2 Å². The summed E-state index contributed by atoms with van der Waals surface area (Å²) in [6.07, 6.45) is 1.96. The van der Waals surface area contributed by atoms with E-state index in [9.17, 15) is 4.79 Å². The number of aliphatic carboxylic acids is 1. The van der Waals surface area contributed by atoms with Gasteiger partial charge in [0.15, 0.2) is 5.13 Å². The van der Waals surface area contributed by atoms with Crippen LogP contribution >= 0.6 is 11.3 Å². The van der Waals surface area contributed by atoms with Crippen molar-refractivity contribution in [1.82, 2.24) is 4.98 Å². The number of carboxylic acid groups (broad SMARTS) is 1. The Morgan fingerprint density at radius 2 is 2.64 bits per heavy atom. The number of aromatic nitrogens is 1. The molecule has 76 valence electrons. The molecule has 0 amide bonds. The summed E-state index contributed by atoms with van der Waals surface area (Å²) < 4.78 is 0. The van der Waals surface area contributed by atoms with Gasteiger partial charge in [-0.2, -0.15) is 0 Å². The summed E-state index contributed by atoms with van der Waals surface area (Å²) in [4.78, 5) is 14.9. The zero-order valence-electron chi connectivity index (χ0n) is 7.86. The molecule has 0 aliphatic carbocycles. The third-order valence-electron chi connectivity index (χ3n) is 1.62. The molecule has 0 aromatic carbocycles. The number of rotatable bonds is 5. The molecule has 0 spiro atoms. The Bertz CT molecular complexity index is 335. The molecule has 1 rings (SSSR count). The van der Waals surface area contributed by atoms with Gasteiger partial charge in [0, 0.05) is 5.38 Å². The van der Waals surface area contributed by atoms with Crippen LogP contribution in [0.4, 0.5) is 5.13 Å². The predicted molar refractivity (Wildman–Crippen MR) is 56.7 cm³/mol. The van der Waals surface area contributed by atoms with Crippen LogP contribution in [0.3, 0.4) is 0 Å². The number of hydrogen-bond donors (Lipinski definition) is 2. The zero-order chi connectivity index (χ0) is 10.6. The molecule has 1 unspecified atom stereocenters. The Hall–Kier alpha value is -1.36. The normalized spacial score (nSPS) is 12.1. The second kappa shape index (κ2) is 4.76. The van der Waals surface area contributed by atoms with E-state index in [-0.39, 0.29) is 0 Å². The molecular formula is C9H12N2O2S. The number of nitrogens with zero attached hydrogens (tertiary/aromatic N) is 1. The summed E-state index contributed by atoms with van der Waals surface area (Å²) in [7, 11) is 0. The maximum absolute atomic E-state index is 10.8. The number of nitrogens with one attached hydrogen (secondary N) is 1. The minimum absolute atomic E-state index is 0.383. The third kappa shape index (κ3) is 2.85. The van der Waals surface area contributed by atoms with Crippen LogP contribution in [0.15, 0.2) is 18.0 Å². The number of thiazole rings is 1. The quantitative estimate of drug-likeness (QED) is 0.732. The highest BCUT2D eigenvalue weighted by Crippen LogP contribution is 2.16. The standard InChI is InChI=1S/C9H12N2O2S/c1-3-4-7(8(12)13)11-9-10-6(2)5-14-9/h3,5,7H,1,4H2,2H3,(H,10,11)(H,12,13). The van der Waals surface area contributed by atoms with E-state index in [0.717, 1.165) is 5.69 Å². The summed E-state index contributed by atoms with van der Waals surface area (Å²) in [6.45, 7) is 5.38. The van der Waals surface area contributed by atoms with Gasteiger partial charge in [0.05, 0.1) is 5.69 Å². The van der Waals surface area contributed by atoms with Crippen molar-refractivity contribution in [3.8, 4) is 0 Å². The lowest BCUT2D eigenvalue weighted by molar-refractivity contribution is -0.137. The number of carboxylic acids is 1. The van der Waals surface area contributed by atoms with E-state index in [1.54, 1.807) is 6.08 Å². The lowest BCUT2D eigenvalue weighted by Gasteiger charge is -2.10. The van der Waals surface area contributed by atoms with Crippen molar-refractivity contribution in [2.45, 2.75) is 19.4 Å². The first-order chi connectivity index (χ1) is 6.63. The molecular weight excluding hydrogens is 200 g/mol. The molecule has 0 bridgehead atoms. The van der Waals surface area contributed by atoms with Crippen molar-refractivity contribution < 1.29 is 9.90 Å². The van der Waals surface area contributed by atoms with Crippen molar-refractivity contribution >= 4 is 22.4 Å². The van der Waals surface area contributed by atoms with Gasteiger partial charge in [0.1, 0.15) is 6.04 Å². The fourth-order valence-electron chi connectivity index (χ4n) is 0.957. The zero-order valence-corrected chi connectivity index (χ0v) is 8.67. The first kappa shape index (κ1) is 10.7. The van der Waals surface area contributed by atoms with Gasteiger partial charge < -0.3 is 10.4 Å². The van der Waals surface area contributed by atoms with Crippen LogP contribution in [0, 0.1) is 6.92 Å². The highest BCUT2D eigenvalue weighted by atomic mass is 32.1. The van der Waals surface area contributed by atoms with Gasteiger partial charge in [-0.05, 0) is 13.3 Å².